The van der Waals surface area contributed by atoms with E-state index in [0.29, 0.717) is 35.9 Å². The lowest BCUT2D eigenvalue weighted by molar-refractivity contribution is -0.0600. The van der Waals surface area contributed by atoms with E-state index in [4.69, 9.17) is 10.5 Å². The maximum absolute atomic E-state index is 13.3. The summed E-state index contributed by atoms with van der Waals surface area (Å²) in [5, 5.41) is 21.2. The molecule has 2 amide bonds. The van der Waals surface area contributed by atoms with Crippen LogP contribution in [0, 0.1) is 5.41 Å². The molecule has 1 spiro atoms. The van der Waals surface area contributed by atoms with Crippen LogP contribution in [0.2, 0.25) is 0 Å². The third kappa shape index (κ3) is 6.19. The van der Waals surface area contributed by atoms with Gasteiger partial charge in [0.05, 0.1) is 10.3 Å². The maximum atomic E-state index is 13.3. The number of primary amides is 1. The van der Waals surface area contributed by atoms with Crippen molar-refractivity contribution >= 4 is 33.6 Å². The van der Waals surface area contributed by atoms with E-state index in [1.165, 1.54) is 24.5 Å². The minimum atomic E-state index is -0.723. The molecule has 1 aliphatic carbocycles. The molecule has 2 aromatic carbocycles. The first kappa shape index (κ1) is 29.0. The summed E-state index contributed by atoms with van der Waals surface area (Å²) >= 11 is 0. The summed E-state index contributed by atoms with van der Waals surface area (Å²) in [5.41, 5.74) is 9.98. The van der Waals surface area contributed by atoms with Gasteiger partial charge in [-0.3, -0.25) is 9.69 Å². The second-order valence-electron chi connectivity index (χ2n) is 12.6. The van der Waals surface area contributed by atoms with Crippen molar-refractivity contribution in [2.24, 2.45) is 11.1 Å². The molecule has 2 aliphatic heterocycles. The zero-order valence-electron chi connectivity index (χ0n) is 23.6. The van der Waals surface area contributed by atoms with E-state index in [9.17, 15) is 19.8 Å². The number of ether oxygens (including phenoxy) is 1. The maximum Gasteiger partial charge on any atom is 0.404 e. The van der Waals surface area contributed by atoms with Crippen LogP contribution in [0.25, 0.3) is 0 Å². The van der Waals surface area contributed by atoms with Crippen LogP contribution in [0.3, 0.4) is 0 Å². The number of carbonyl (C=O) groups excluding carboxylic acids is 2. The van der Waals surface area contributed by atoms with Gasteiger partial charge >= 0.3 is 6.09 Å². The number of phenolic OH excluding ortho intramolecular Hbond substituents is 2. The molecule has 40 heavy (non-hydrogen) atoms. The number of carbonyl (C=O) groups is 2. The number of phenols is 2. The molecular weight excluding hydrogens is 546 g/mol. The molecule has 0 atom stereocenters. The lowest BCUT2D eigenvalue weighted by Gasteiger charge is -2.59. The highest BCUT2D eigenvalue weighted by atomic mass is 33.1. The van der Waals surface area contributed by atoms with Gasteiger partial charge in [-0.25, -0.2) is 4.79 Å². The summed E-state index contributed by atoms with van der Waals surface area (Å²) in [5.74, 6) is -0.360. The number of aromatic hydroxyl groups is 2. The highest BCUT2D eigenvalue weighted by Crippen LogP contribution is 2.56. The Balaban J connectivity index is 1.10. The Morgan fingerprint density at radius 2 is 1.80 bits per heavy atom. The highest BCUT2D eigenvalue weighted by Gasteiger charge is 2.52. The molecule has 0 unspecified atom stereocenters. The molecule has 10 heteroatoms. The van der Waals surface area contributed by atoms with Gasteiger partial charge in [-0.1, -0.05) is 53.6 Å². The van der Waals surface area contributed by atoms with Crippen LogP contribution >= 0.6 is 21.6 Å². The molecule has 1 saturated heterocycles. The van der Waals surface area contributed by atoms with Gasteiger partial charge in [-0.2, -0.15) is 0 Å². The first-order valence-corrected chi connectivity index (χ1v) is 16.0. The van der Waals surface area contributed by atoms with Gasteiger partial charge < -0.3 is 25.6 Å². The van der Waals surface area contributed by atoms with Crippen molar-refractivity contribution < 1.29 is 24.5 Å². The number of nitrogens with zero attached hydrogens (tertiary/aromatic N) is 2. The fourth-order valence-electron chi connectivity index (χ4n) is 6.06. The quantitative estimate of drug-likeness (QED) is 0.326. The van der Waals surface area contributed by atoms with Gasteiger partial charge in [-0.05, 0) is 66.3 Å². The van der Waals surface area contributed by atoms with Crippen LogP contribution in [0.4, 0.5) is 4.79 Å². The van der Waals surface area contributed by atoms with Gasteiger partial charge in [0.25, 0.3) is 5.91 Å². The number of rotatable bonds is 9. The highest BCUT2D eigenvalue weighted by molar-refractivity contribution is 8.77. The van der Waals surface area contributed by atoms with Gasteiger partial charge in [0.15, 0.2) is 0 Å². The van der Waals surface area contributed by atoms with Crippen LogP contribution in [0.5, 0.6) is 11.5 Å². The standard InChI is InChI=1S/C30H39N3O5S2/c1-18(2)23-8-24(26(35)9-25(23)34)27(36)33-13-20-6-5-19(7-21(20)14-33)12-32-15-30(16-32)10-22(11-30)39-40-29(3,4)17-38-28(31)37/h5-9,18,22,34-35H,10-17H2,1-4H3,(H2,31,37). The van der Waals surface area contributed by atoms with E-state index in [2.05, 4.69) is 36.9 Å². The summed E-state index contributed by atoms with van der Waals surface area (Å²) in [6, 6.07) is 9.40. The number of benzene rings is 2. The Kier molecular flexibility index (Phi) is 7.98. The Bertz CT molecular complexity index is 1300. The van der Waals surface area contributed by atoms with Crippen molar-refractivity contribution in [3.63, 3.8) is 0 Å². The zero-order chi connectivity index (χ0) is 28.8. The van der Waals surface area contributed by atoms with E-state index < -0.39 is 6.09 Å². The number of amides is 2. The summed E-state index contributed by atoms with van der Waals surface area (Å²) in [6.45, 7) is 12.5. The average Bonchev–Trinajstić information content (AvgIpc) is 3.26. The molecule has 2 heterocycles. The van der Waals surface area contributed by atoms with E-state index in [0.717, 1.165) is 30.8 Å². The predicted molar refractivity (Wildman–Crippen MR) is 159 cm³/mol. The second kappa shape index (κ2) is 11.0. The largest absolute Gasteiger partial charge is 0.508 e. The molecule has 5 rings (SSSR count). The Labute approximate surface area is 244 Å². The average molecular weight is 586 g/mol. The third-order valence-electron chi connectivity index (χ3n) is 8.10. The molecule has 3 aliphatic rings. The van der Waals surface area contributed by atoms with Crippen molar-refractivity contribution in [3.05, 3.63) is 58.1 Å². The SMILES string of the molecule is CC(C)c1cc(C(=O)N2Cc3ccc(CN4CC5(CC(SSC(C)(C)COC(N)=O)C5)C4)cc3C2)c(O)cc1O. The number of hydrogen-bond donors (Lipinski definition) is 3. The number of fused-ring (bicyclic) bond motifs is 1. The summed E-state index contributed by atoms with van der Waals surface area (Å²) in [7, 11) is 3.68. The van der Waals surface area contributed by atoms with Gasteiger partial charge in [0.1, 0.15) is 18.1 Å². The first-order chi connectivity index (χ1) is 18.8. The van der Waals surface area contributed by atoms with Crippen molar-refractivity contribution in [3.8, 4) is 11.5 Å². The fourth-order valence-corrected chi connectivity index (χ4v) is 9.15. The van der Waals surface area contributed by atoms with Crippen LogP contribution < -0.4 is 5.73 Å². The normalized spacial score (nSPS) is 18.5. The molecule has 2 fully saturated rings. The minimum Gasteiger partial charge on any atom is -0.508 e. The van der Waals surface area contributed by atoms with Crippen molar-refractivity contribution in [2.75, 3.05) is 19.7 Å². The summed E-state index contributed by atoms with van der Waals surface area (Å²) in [4.78, 5) is 28.4. The molecule has 2 aromatic rings. The Morgan fingerprint density at radius 1 is 1.10 bits per heavy atom. The van der Waals surface area contributed by atoms with Crippen LogP contribution in [0.15, 0.2) is 30.3 Å². The molecular formula is C30H39N3O5S2. The second-order valence-corrected chi connectivity index (χ2v) is 15.8. The molecule has 0 aromatic heterocycles. The topological polar surface area (TPSA) is 116 Å². The van der Waals surface area contributed by atoms with E-state index >= 15 is 0 Å². The first-order valence-electron chi connectivity index (χ1n) is 13.8. The summed E-state index contributed by atoms with van der Waals surface area (Å²) < 4.78 is 4.82. The minimum absolute atomic E-state index is 0.0114. The number of likely N-dealkylation sites (tertiary alicyclic amines) is 1. The van der Waals surface area contributed by atoms with Gasteiger partial charge in [0.2, 0.25) is 0 Å². The lowest BCUT2D eigenvalue weighted by Crippen LogP contribution is -2.62. The van der Waals surface area contributed by atoms with Crippen LogP contribution in [0.1, 0.15) is 79.1 Å². The smallest absolute Gasteiger partial charge is 0.404 e. The van der Waals surface area contributed by atoms with Crippen LogP contribution in [-0.2, 0) is 24.4 Å². The molecule has 0 bridgehead atoms. The van der Waals surface area contributed by atoms with E-state index in [1.54, 1.807) is 21.8 Å². The van der Waals surface area contributed by atoms with Crippen molar-refractivity contribution in [1.82, 2.24) is 9.80 Å². The monoisotopic (exact) mass is 585 g/mol. The Morgan fingerprint density at radius 3 is 2.48 bits per heavy atom. The predicted octanol–water partition coefficient (Wildman–Crippen LogP) is 5.60. The van der Waals surface area contributed by atoms with Crippen molar-refractivity contribution in [1.29, 1.82) is 0 Å². The fraction of sp³-hybridized carbons (Fsp3) is 0.533. The lowest BCUT2D eigenvalue weighted by atomic mass is 9.63. The molecule has 1 saturated carbocycles. The molecule has 0 radical (unpaired) electrons. The molecule has 8 nitrogen and oxygen atoms in total. The third-order valence-corrected chi connectivity index (χ3v) is 11.8. The Hall–Kier alpha value is -2.56. The van der Waals surface area contributed by atoms with Gasteiger partial charge in [-0.15, -0.1) is 0 Å². The number of nitrogens with two attached hydrogens (primary N) is 1. The summed E-state index contributed by atoms with van der Waals surface area (Å²) in [6.07, 6.45) is 1.72. The van der Waals surface area contributed by atoms with E-state index in [1.807, 2.05) is 24.6 Å². The van der Waals surface area contributed by atoms with E-state index in [-0.39, 0.29) is 33.6 Å². The number of hydrogen-bond acceptors (Lipinski definition) is 8. The van der Waals surface area contributed by atoms with Gasteiger partial charge in [0, 0.05) is 44.0 Å². The van der Waals surface area contributed by atoms with Crippen molar-refractivity contribution in [2.45, 2.75) is 76.1 Å². The molecule has 216 valence electrons. The zero-order valence-corrected chi connectivity index (χ0v) is 25.2. The molecule has 4 N–H and O–H groups in total. The van der Waals surface area contributed by atoms with Crippen LogP contribution in [-0.4, -0.2) is 61.7 Å².